The summed E-state index contributed by atoms with van der Waals surface area (Å²) in [4.78, 5) is 30.2. The first-order valence-electron chi connectivity index (χ1n) is 9.81. The van der Waals surface area contributed by atoms with E-state index in [4.69, 9.17) is 9.15 Å². The summed E-state index contributed by atoms with van der Waals surface area (Å²) in [6.45, 7) is 7.68. The molecule has 7 heteroatoms. The van der Waals surface area contributed by atoms with E-state index in [1.807, 2.05) is 56.5 Å². The number of aryl methyl sites for hydroxylation is 3. The maximum Gasteiger partial charge on any atom is 0.336 e. The van der Waals surface area contributed by atoms with Crippen molar-refractivity contribution in [2.24, 2.45) is 0 Å². The highest BCUT2D eigenvalue weighted by molar-refractivity contribution is 7.14. The van der Waals surface area contributed by atoms with Gasteiger partial charge in [0.25, 0.3) is 0 Å². The minimum atomic E-state index is -0.387. The van der Waals surface area contributed by atoms with Crippen molar-refractivity contribution in [1.82, 2.24) is 4.98 Å². The number of carbonyl (C=O) groups is 1. The Morgan fingerprint density at radius 3 is 2.61 bits per heavy atom. The van der Waals surface area contributed by atoms with Crippen LogP contribution in [-0.2, 0) is 11.4 Å². The van der Waals surface area contributed by atoms with Crippen LogP contribution >= 0.6 is 11.3 Å². The van der Waals surface area contributed by atoms with Gasteiger partial charge >= 0.3 is 5.63 Å². The van der Waals surface area contributed by atoms with Crippen LogP contribution in [0.25, 0.3) is 11.0 Å². The Balaban J connectivity index is 1.54. The molecule has 4 rings (SSSR count). The summed E-state index contributed by atoms with van der Waals surface area (Å²) < 4.78 is 11.1. The zero-order chi connectivity index (χ0) is 22.1. The molecule has 2 aromatic heterocycles. The number of nitrogens with zero attached hydrogens (tertiary/aromatic N) is 2. The zero-order valence-electron chi connectivity index (χ0n) is 17.8. The molecule has 0 saturated carbocycles. The number of thiazole rings is 1. The van der Waals surface area contributed by atoms with Crippen LogP contribution in [0.15, 0.2) is 57.1 Å². The first kappa shape index (κ1) is 20.8. The second-order valence-corrected chi connectivity index (χ2v) is 8.28. The molecule has 1 amide bonds. The molecular weight excluding hydrogens is 412 g/mol. The van der Waals surface area contributed by atoms with Crippen LogP contribution in [0.3, 0.4) is 0 Å². The van der Waals surface area contributed by atoms with Gasteiger partial charge in [0.1, 0.15) is 17.9 Å². The number of amides is 1. The molecule has 0 bridgehead atoms. The standard InChI is InChI=1S/C24H22N2O4S/c1-14-5-6-19(9-15(14)2)26(17(4)27)24-25-18(13-31-24)12-29-20-7-8-21-16(3)10-23(28)30-22(21)11-20/h5-11,13H,12H2,1-4H3. The van der Waals surface area contributed by atoms with Gasteiger partial charge in [-0.1, -0.05) is 6.07 Å². The minimum absolute atomic E-state index is 0.106. The molecular formula is C24H22N2O4S. The highest BCUT2D eigenvalue weighted by atomic mass is 32.1. The molecule has 31 heavy (non-hydrogen) atoms. The van der Waals surface area contributed by atoms with Crippen LogP contribution in [0, 0.1) is 20.8 Å². The van der Waals surface area contributed by atoms with Gasteiger partial charge in [-0.3, -0.25) is 9.69 Å². The van der Waals surface area contributed by atoms with E-state index in [2.05, 4.69) is 4.98 Å². The smallest absolute Gasteiger partial charge is 0.336 e. The fourth-order valence-electron chi connectivity index (χ4n) is 3.31. The van der Waals surface area contributed by atoms with Crippen LogP contribution in [0.4, 0.5) is 10.8 Å². The fourth-order valence-corrected chi connectivity index (χ4v) is 4.18. The summed E-state index contributed by atoms with van der Waals surface area (Å²) in [6.07, 6.45) is 0. The van der Waals surface area contributed by atoms with E-state index in [-0.39, 0.29) is 18.1 Å². The Kier molecular flexibility index (Phi) is 5.61. The molecule has 0 aliphatic rings. The number of benzene rings is 2. The lowest BCUT2D eigenvalue weighted by atomic mass is 10.1. The van der Waals surface area contributed by atoms with Crippen molar-refractivity contribution in [1.29, 1.82) is 0 Å². The summed E-state index contributed by atoms with van der Waals surface area (Å²) in [5, 5.41) is 3.33. The van der Waals surface area contributed by atoms with Crippen molar-refractivity contribution < 1.29 is 13.9 Å². The van der Waals surface area contributed by atoms with Crippen LogP contribution in [0.5, 0.6) is 5.75 Å². The Hall–Kier alpha value is -3.45. The Labute approximate surface area is 183 Å². The van der Waals surface area contributed by atoms with E-state index in [0.717, 1.165) is 22.2 Å². The summed E-state index contributed by atoms with van der Waals surface area (Å²) in [5.41, 5.74) is 4.74. The summed E-state index contributed by atoms with van der Waals surface area (Å²) in [6, 6.07) is 12.8. The number of rotatable bonds is 5. The largest absolute Gasteiger partial charge is 0.487 e. The molecule has 0 radical (unpaired) electrons. The summed E-state index contributed by atoms with van der Waals surface area (Å²) in [5.74, 6) is 0.471. The Bertz CT molecular complexity index is 1340. The van der Waals surface area contributed by atoms with Gasteiger partial charge in [0, 0.05) is 29.8 Å². The number of ether oxygens (including phenoxy) is 1. The van der Waals surface area contributed by atoms with Gasteiger partial charge in [-0.15, -0.1) is 11.3 Å². The number of hydrogen-bond donors (Lipinski definition) is 0. The molecule has 6 nitrogen and oxygen atoms in total. The lowest BCUT2D eigenvalue weighted by Crippen LogP contribution is -2.22. The molecule has 0 atom stereocenters. The second-order valence-electron chi connectivity index (χ2n) is 7.44. The zero-order valence-corrected chi connectivity index (χ0v) is 18.6. The molecule has 0 aliphatic heterocycles. The molecule has 0 unspecified atom stereocenters. The Morgan fingerprint density at radius 1 is 1.06 bits per heavy atom. The fraction of sp³-hybridized carbons (Fsp3) is 0.208. The van der Waals surface area contributed by atoms with Gasteiger partial charge in [0.15, 0.2) is 5.13 Å². The van der Waals surface area contributed by atoms with E-state index in [1.54, 1.807) is 11.0 Å². The molecule has 2 aromatic carbocycles. The predicted octanol–water partition coefficient (Wildman–Crippen LogP) is 5.44. The first-order valence-corrected chi connectivity index (χ1v) is 10.7. The molecule has 158 valence electrons. The number of aromatic nitrogens is 1. The average molecular weight is 435 g/mol. The molecule has 2 heterocycles. The topological polar surface area (TPSA) is 72.6 Å². The normalized spacial score (nSPS) is 11.0. The van der Waals surface area contributed by atoms with Crippen molar-refractivity contribution in [3.05, 3.63) is 80.6 Å². The quantitative estimate of drug-likeness (QED) is 0.391. The lowest BCUT2D eigenvalue weighted by Gasteiger charge is -2.19. The van der Waals surface area contributed by atoms with Crippen LogP contribution < -0.4 is 15.3 Å². The van der Waals surface area contributed by atoms with Crippen molar-refractivity contribution in [2.45, 2.75) is 34.3 Å². The molecule has 0 saturated heterocycles. The third kappa shape index (κ3) is 4.36. The number of fused-ring (bicyclic) bond motifs is 1. The second kappa shape index (κ2) is 8.35. The van der Waals surface area contributed by atoms with Gasteiger partial charge in [-0.2, -0.15) is 0 Å². The van der Waals surface area contributed by atoms with Crippen molar-refractivity contribution in [3.8, 4) is 5.75 Å². The maximum absolute atomic E-state index is 12.3. The highest BCUT2D eigenvalue weighted by Crippen LogP contribution is 2.31. The van der Waals surface area contributed by atoms with Crippen molar-refractivity contribution >= 4 is 39.0 Å². The first-order chi connectivity index (χ1) is 14.8. The maximum atomic E-state index is 12.3. The predicted molar refractivity (Wildman–Crippen MR) is 122 cm³/mol. The molecule has 0 fully saturated rings. The van der Waals surface area contributed by atoms with E-state index in [0.29, 0.717) is 22.2 Å². The number of carbonyl (C=O) groups excluding carboxylic acids is 1. The van der Waals surface area contributed by atoms with E-state index in [9.17, 15) is 9.59 Å². The summed E-state index contributed by atoms with van der Waals surface area (Å²) >= 11 is 1.39. The minimum Gasteiger partial charge on any atom is -0.487 e. The van der Waals surface area contributed by atoms with Crippen LogP contribution in [0.1, 0.15) is 29.3 Å². The molecule has 0 aliphatic carbocycles. The SMILES string of the molecule is CC(=O)N(c1ccc(C)c(C)c1)c1nc(COc2ccc3c(C)cc(=O)oc3c2)cs1. The molecule has 0 spiro atoms. The van der Waals surface area contributed by atoms with Crippen molar-refractivity contribution in [2.75, 3.05) is 4.90 Å². The van der Waals surface area contributed by atoms with E-state index < -0.39 is 0 Å². The summed E-state index contributed by atoms with van der Waals surface area (Å²) in [7, 11) is 0. The van der Waals surface area contributed by atoms with E-state index >= 15 is 0 Å². The van der Waals surface area contributed by atoms with Crippen LogP contribution in [-0.4, -0.2) is 10.9 Å². The monoisotopic (exact) mass is 434 g/mol. The number of anilines is 2. The van der Waals surface area contributed by atoms with Gasteiger partial charge < -0.3 is 9.15 Å². The average Bonchev–Trinajstić information content (AvgIpc) is 3.17. The molecule has 4 aromatic rings. The lowest BCUT2D eigenvalue weighted by molar-refractivity contribution is -0.115. The number of hydrogen-bond acceptors (Lipinski definition) is 6. The van der Waals surface area contributed by atoms with E-state index in [1.165, 1.54) is 29.9 Å². The highest BCUT2D eigenvalue weighted by Gasteiger charge is 2.18. The van der Waals surface area contributed by atoms with Crippen molar-refractivity contribution in [3.63, 3.8) is 0 Å². The Morgan fingerprint density at radius 2 is 1.87 bits per heavy atom. The third-order valence-corrected chi connectivity index (χ3v) is 5.98. The van der Waals surface area contributed by atoms with Gasteiger partial charge in [0.2, 0.25) is 5.91 Å². The van der Waals surface area contributed by atoms with Gasteiger partial charge in [-0.25, -0.2) is 9.78 Å². The molecule has 0 N–H and O–H groups in total. The van der Waals surface area contributed by atoms with Gasteiger partial charge in [-0.05, 0) is 61.7 Å². The van der Waals surface area contributed by atoms with Crippen LogP contribution in [0.2, 0.25) is 0 Å². The van der Waals surface area contributed by atoms with Gasteiger partial charge in [0.05, 0.1) is 11.4 Å². The third-order valence-electron chi connectivity index (χ3n) is 5.10.